The summed E-state index contributed by atoms with van der Waals surface area (Å²) in [6.45, 7) is 1.86. The highest BCUT2D eigenvalue weighted by atomic mass is 32.1. The van der Waals surface area contributed by atoms with Gasteiger partial charge in [-0.2, -0.15) is 0 Å². The van der Waals surface area contributed by atoms with Crippen molar-refractivity contribution in [1.82, 2.24) is 9.47 Å². The van der Waals surface area contributed by atoms with E-state index in [4.69, 9.17) is 0 Å². The first kappa shape index (κ1) is 12.5. The molecule has 100 valence electrons. The van der Waals surface area contributed by atoms with Crippen LogP contribution >= 0.6 is 11.3 Å². The van der Waals surface area contributed by atoms with Crippen LogP contribution in [0.25, 0.3) is 0 Å². The van der Waals surface area contributed by atoms with Crippen LogP contribution in [0.15, 0.2) is 42.0 Å². The van der Waals surface area contributed by atoms with Gasteiger partial charge in [-0.05, 0) is 36.4 Å². The van der Waals surface area contributed by atoms with Gasteiger partial charge in [-0.25, -0.2) is 0 Å². The Morgan fingerprint density at radius 1 is 1.21 bits per heavy atom. The molecule has 1 atom stereocenters. The molecule has 0 bridgehead atoms. The van der Waals surface area contributed by atoms with Gasteiger partial charge >= 0.3 is 0 Å². The maximum atomic E-state index is 12.4. The van der Waals surface area contributed by atoms with Gasteiger partial charge in [-0.1, -0.05) is 6.07 Å². The van der Waals surface area contributed by atoms with E-state index in [2.05, 4.69) is 22.1 Å². The summed E-state index contributed by atoms with van der Waals surface area (Å²) in [4.78, 5) is 15.6. The number of thiophene rings is 1. The van der Waals surface area contributed by atoms with Gasteiger partial charge in [0.2, 0.25) is 5.91 Å². The lowest BCUT2D eigenvalue weighted by Crippen LogP contribution is -2.30. The minimum atomic E-state index is 0.142. The number of carbonyl (C=O) groups is 1. The van der Waals surface area contributed by atoms with E-state index in [1.54, 1.807) is 11.3 Å². The van der Waals surface area contributed by atoms with Crippen LogP contribution in [0.3, 0.4) is 0 Å². The molecule has 0 radical (unpaired) electrons. The Balaban J connectivity index is 1.78. The molecule has 1 aliphatic heterocycles. The Bertz CT molecular complexity index is 478. The largest absolute Gasteiger partial charge is 0.346 e. The Morgan fingerprint density at radius 3 is 2.58 bits per heavy atom. The second-order valence-electron chi connectivity index (χ2n) is 4.95. The lowest BCUT2D eigenvalue weighted by molar-refractivity contribution is -0.130. The normalized spacial score (nSPS) is 16.7. The van der Waals surface area contributed by atoms with Gasteiger partial charge in [0.25, 0.3) is 0 Å². The summed E-state index contributed by atoms with van der Waals surface area (Å²) >= 11 is 1.72. The smallest absolute Gasteiger partial charge is 0.225 e. The van der Waals surface area contributed by atoms with Gasteiger partial charge < -0.3 is 9.47 Å². The fraction of sp³-hybridized carbons (Fsp3) is 0.400. The van der Waals surface area contributed by atoms with Crippen LogP contribution in [0.5, 0.6) is 0 Å². The summed E-state index contributed by atoms with van der Waals surface area (Å²) in [7, 11) is 0. The van der Waals surface area contributed by atoms with Gasteiger partial charge in [0.15, 0.2) is 0 Å². The molecule has 0 N–H and O–H groups in total. The van der Waals surface area contributed by atoms with Crippen molar-refractivity contribution in [1.29, 1.82) is 0 Å². The minimum Gasteiger partial charge on any atom is -0.346 e. The summed E-state index contributed by atoms with van der Waals surface area (Å²) in [6, 6.07) is 8.34. The van der Waals surface area contributed by atoms with Crippen LogP contribution in [-0.4, -0.2) is 28.5 Å². The molecule has 3 heterocycles. The fourth-order valence-electron chi connectivity index (χ4n) is 2.65. The maximum Gasteiger partial charge on any atom is 0.225 e. The summed E-state index contributed by atoms with van der Waals surface area (Å²) in [5.41, 5.74) is 0. The Kier molecular flexibility index (Phi) is 3.69. The second kappa shape index (κ2) is 5.61. The van der Waals surface area contributed by atoms with E-state index in [0.717, 1.165) is 25.9 Å². The SMILES string of the molecule is O=C(CC(c1cccs1)n1cccc1)N1CCCC1. The number of rotatable bonds is 4. The van der Waals surface area contributed by atoms with E-state index in [1.807, 2.05) is 29.4 Å². The van der Waals surface area contributed by atoms with Gasteiger partial charge in [-0.15, -0.1) is 11.3 Å². The van der Waals surface area contributed by atoms with Crippen LogP contribution in [-0.2, 0) is 4.79 Å². The highest BCUT2D eigenvalue weighted by Gasteiger charge is 2.23. The van der Waals surface area contributed by atoms with Crippen molar-refractivity contribution < 1.29 is 4.79 Å². The Labute approximate surface area is 117 Å². The highest BCUT2D eigenvalue weighted by molar-refractivity contribution is 7.10. The molecule has 1 aliphatic rings. The average Bonchev–Trinajstić information content (AvgIpc) is 3.17. The number of amides is 1. The summed E-state index contributed by atoms with van der Waals surface area (Å²) in [5.74, 6) is 0.282. The monoisotopic (exact) mass is 274 g/mol. The third kappa shape index (κ3) is 2.73. The van der Waals surface area contributed by atoms with Crippen LogP contribution in [0.4, 0.5) is 0 Å². The second-order valence-corrected chi connectivity index (χ2v) is 5.93. The molecule has 1 saturated heterocycles. The van der Waals surface area contributed by atoms with Crippen molar-refractivity contribution in [2.45, 2.75) is 25.3 Å². The van der Waals surface area contributed by atoms with E-state index >= 15 is 0 Å². The molecule has 2 aromatic heterocycles. The molecule has 2 aromatic rings. The van der Waals surface area contributed by atoms with Crippen LogP contribution in [0.2, 0.25) is 0 Å². The molecule has 19 heavy (non-hydrogen) atoms. The molecule has 1 unspecified atom stereocenters. The van der Waals surface area contributed by atoms with E-state index in [-0.39, 0.29) is 11.9 Å². The van der Waals surface area contributed by atoms with Crippen LogP contribution in [0.1, 0.15) is 30.2 Å². The molecule has 0 spiro atoms. The van der Waals surface area contributed by atoms with Gasteiger partial charge in [-0.3, -0.25) is 4.79 Å². The summed E-state index contributed by atoms with van der Waals surface area (Å²) < 4.78 is 2.14. The van der Waals surface area contributed by atoms with E-state index in [9.17, 15) is 4.79 Å². The zero-order valence-electron chi connectivity index (χ0n) is 10.9. The molecular weight excluding hydrogens is 256 g/mol. The third-order valence-electron chi connectivity index (χ3n) is 3.69. The Hall–Kier alpha value is -1.55. The minimum absolute atomic E-state index is 0.142. The summed E-state index contributed by atoms with van der Waals surface area (Å²) in [6.07, 6.45) is 6.95. The topological polar surface area (TPSA) is 25.2 Å². The fourth-order valence-corrected chi connectivity index (χ4v) is 3.48. The number of hydrogen-bond acceptors (Lipinski definition) is 2. The Morgan fingerprint density at radius 2 is 1.95 bits per heavy atom. The zero-order chi connectivity index (χ0) is 13.1. The van der Waals surface area contributed by atoms with Crippen molar-refractivity contribution in [2.24, 2.45) is 0 Å². The third-order valence-corrected chi connectivity index (χ3v) is 4.66. The molecule has 3 rings (SSSR count). The molecule has 3 nitrogen and oxygen atoms in total. The molecule has 0 saturated carbocycles. The van der Waals surface area contributed by atoms with Crippen molar-refractivity contribution >= 4 is 17.2 Å². The number of likely N-dealkylation sites (tertiary alicyclic amines) is 1. The first-order valence-electron chi connectivity index (χ1n) is 6.78. The molecule has 0 aromatic carbocycles. The number of carbonyl (C=O) groups excluding carboxylic acids is 1. The van der Waals surface area contributed by atoms with Gasteiger partial charge in [0.05, 0.1) is 12.5 Å². The van der Waals surface area contributed by atoms with E-state index in [0.29, 0.717) is 6.42 Å². The standard InChI is InChI=1S/C15H18N2OS/c18-15(17-9-3-4-10-17)12-13(14-6-5-11-19-14)16-7-1-2-8-16/h1-2,5-8,11,13H,3-4,9-10,12H2. The van der Waals surface area contributed by atoms with Crippen molar-refractivity contribution in [3.63, 3.8) is 0 Å². The number of hydrogen-bond donors (Lipinski definition) is 0. The quantitative estimate of drug-likeness (QED) is 0.840. The maximum absolute atomic E-state index is 12.4. The lowest BCUT2D eigenvalue weighted by atomic mass is 10.1. The molecule has 1 fully saturated rings. The van der Waals surface area contributed by atoms with Crippen LogP contribution in [0, 0.1) is 0 Å². The highest BCUT2D eigenvalue weighted by Crippen LogP contribution is 2.27. The van der Waals surface area contributed by atoms with Crippen molar-refractivity contribution in [2.75, 3.05) is 13.1 Å². The summed E-state index contributed by atoms with van der Waals surface area (Å²) in [5, 5.41) is 2.08. The molecule has 4 heteroatoms. The zero-order valence-corrected chi connectivity index (χ0v) is 11.7. The number of aromatic nitrogens is 1. The van der Waals surface area contributed by atoms with E-state index < -0.39 is 0 Å². The van der Waals surface area contributed by atoms with Gasteiger partial charge in [0.1, 0.15) is 0 Å². The molecule has 0 aliphatic carbocycles. The molecular formula is C15H18N2OS. The average molecular weight is 274 g/mol. The first-order chi connectivity index (χ1) is 9.34. The number of nitrogens with zero attached hydrogens (tertiary/aromatic N) is 2. The molecule has 1 amide bonds. The van der Waals surface area contributed by atoms with E-state index in [1.165, 1.54) is 4.88 Å². The lowest BCUT2D eigenvalue weighted by Gasteiger charge is -2.21. The van der Waals surface area contributed by atoms with Crippen LogP contribution < -0.4 is 0 Å². The predicted molar refractivity (Wildman–Crippen MR) is 77.3 cm³/mol. The van der Waals surface area contributed by atoms with Crippen molar-refractivity contribution in [3.05, 3.63) is 46.9 Å². The van der Waals surface area contributed by atoms with Gasteiger partial charge in [0, 0.05) is 30.4 Å². The predicted octanol–water partition coefficient (Wildman–Crippen LogP) is 3.15. The van der Waals surface area contributed by atoms with Crippen molar-refractivity contribution in [3.8, 4) is 0 Å². The first-order valence-corrected chi connectivity index (χ1v) is 7.66.